The van der Waals surface area contributed by atoms with Gasteiger partial charge in [0.15, 0.2) is 28.7 Å². The van der Waals surface area contributed by atoms with Crippen LogP contribution in [0.1, 0.15) is 19.1 Å². The fourth-order valence-corrected chi connectivity index (χ4v) is 4.24. The molecule has 1 fully saturated rings. The maximum atomic E-state index is 12.0. The van der Waals surface area contributed by atoms with Crippen LogP contribution in [0.4, 0.5) is 5.82 Å². The Balaban J connectivity index is 1.78. The van der Waals surface area contributed by atoms with Crippen LogP contribution in [0.2, 0.25) is 0 Å². The fraction of sp³-hybridized carbons (Fsp3) is 0.643. The van der Waals surface area contributed by atoms with Crippen molar-refractivity contribution in [3.05, 3.63) is 11.8 Å². The summed E-state index contributed by atoms with van der Waals surface area (Å²) in [6, 6.07) is 1.28. The van der Waals surface area contributed by atoms with Gasteiger partial charge in [-0.25, -0.2) is 8.42 Å². The van der Waals surface area contributed by atoms with Gasteiger partial charge in [-0.05, 0) is 20.3 Å². The van der Waals surface area contributed by atoms with E-state index in [4.69, 9.17) is 4.52 Å². The van der Waals surface area contributed by atoms with Gasteiger partial charge >= 0.3 is 0 Å². The third-order valence-electron chi connectivity index (χ3n) is 3.81. The Morgan fingerprint density at radius 3 is 2.62 bits per heavy atom. The van der Waals surface area contributed by atoms with Crippen molar-refractivity contribution in [2.75, 3.05) is 36.5 Å². The molecule has 2 heterocycles. The SMILES string of the molecule is CC[NH+](CC(=O)Nc1cc(C)on1)CC(=O)N[C@@H]1CCS(=O)(=O)C1. The number of rotatable bonds is 7. The van der Waals surface area contributed by atoms with E-state index >= 15 is 0 Å². The first-order valence-electron chi connectivity index (χ1n) is 7.84. The number of nitrogens with one attached hydrogen (secondary N) is 3. The van der Waals surface area contributed by atoms with Gasteiger partial charge in [-0.1, -0.05) is 5.16 Å². The van der Waals surface area contributed by atoms with Gasteiger partial charge in [0.2, 0.25) is 0 Å². The van der Waals surface area contributed by atoms with Gasteiger partial charge in [0.05, 0.1) is 18.1 Å². The minimum atomic E-state index is -3.03. The molecule has 0 aromatic carbocycles. The Labute approximate surface area is 140 Å². The van der Waals surface area contributed by atoms with Gasteiger partial charge in [-0.2, -0.15) is 0 Å². The maximum absolute atomic E-state index is 12.0. The summed E-state index contributed by atoms with van der Waals surface area (Å²) in [6.07, 6.45) is 0.446. The van der Waals surface area contributed by atoms with Crippen molar-refractivity contribution in [1.82, 2.24) is 10.5 Å². The highest BCUT2D eigenvalue weighted by Crippen LogP contribution is 2.10. The number of carbonyl (C=O) groups is 2. The van der Waals surface area contributed by atoms with Crippen LogP contribution in [-0.4, -0.2) is 62.6 Å². The molecule has 134 valence electrons. The second-order valence-electron chi connectivity index (χ2n) is 6.00. The summed E-state index contributed by atoms with van der Waals surface area (Å²) in [4.78, 5) is 24.8. The van der Waals surface area contributed by atoms with Crippen molar-refractivity contribution in [3.63, 3.8) is 0 Å². The van der Waals surface area contributed by atoms with E-state index in [1.165, 1.54) is 0 Å². The standard InChI is InChI=1S/C14H22N4O5S/c1-3-18(8-14(20)16-12-6-10(2)23-17-12)7-13(19)15-11-4-5-24(21,22)9-11/h6,11H,3-5,7-9H2,1-2H3,(H,15,19)(H,16,17,20)/p+1/t11-/m1/s1. The summed E-state index contributed by atoms with van der Waals surface area (Å²) in [5, 5.41) is 9.02. The van der Waals surface area contributed by atoms with E-state index in [9.17, 15) is 18.0 Å². The lowest BCUT2D eigenvalue weighted by Crippen LogP contribution is -3.14. The summed E-state index contributed by atoms with van der Waals surface area (Å²) < 4.78 is 27.7. The van der Waals surface area contributed by atoms with E-state index in [-0.39, 0.29) is 42.5 Å². The molecule has 2 amide bonds. The molecule has 2 atom stereocenters. The number of nitrogens with zero attached hydrogens (tertiary/aromatic N) is 1. The molecule has 0 spiro atoms. The number of hydrogen-bond acceptors (Lipinski definition) is 6. The van der Waals surface area contributed by atoms with Crippen molar-refractivity contribution in [2.45, 2.75) is 26.3 Å². The Bertz CT molecular complexity index is 700. The van der Waals surface area contributed by atoms with E-state index in [1.54, 1.807) is 13.0 Å². The third-order valence-corrected chi connectivity index (χ3v) is 5.58. The predicted octanol–water partition coefficient (Wildman–Crippen LogP) is -1.87. The van der Waals surface area contributed by atoms with E-state index in [2.05, 4.69) is 15.8 Å². The van der Waals surface area contributed by atoms with Crippen molar-refractivity contribution >= 4 is 27.5 Å². The fourth-order valence-electron chi connectivity index (χ4n) is 2.57. The minimum absolute atomic E-state index is 0.00774. The molecule has 0 saturated carbocycles. The summed E-state index contributed by atoms with van der Waals surface area (Å²) in [7, 11) is -3.03. The maximum Gasteiger partial charge on any atom is 0.280 e. The number of aryl methyl sites for hydroxylation is 1. The molecule has 3 N–H and O–H groups in total. The summed E-state index contributed by atoms with van der Waals surface area (Å²) in [5.74, 6) is 0.522. The van der Waals surface area contributed by atoms with Crippen LogP contribution in [0.5, 0.6) is 0 Å². The lowest BCUT2D eigenvalue weighted by Gasteiger charge is -2.18. The number of carbonyl (C=O) groups excluding carboxylic acids is 2. The zero-order valence-corrected chi connectivity index (χ0v) is 14.6. The second-order valence-corrected chi connectivity index (χ2v) is 8.22. The quantitative estimate of drug-likeness (QED) is 0.524. The molecule has 2 rings (SSSR count). The molecule has 1 saturated heterocycles. The summed E-state index contributed by atoms with van der Waals surface area (Å²) in [6.45, 7) is 4.40. The topological polar surface area (TPSA) is 123 Å². The van der Waals surface area contributed by atoms with Crippen molar-refractivity contribution in [2.24, 2.45) is 0 Å². The average molecular weight is 359 g/mol. The van der Waals surface area contributed by atoms with Crippen LogP contribution in [-0.2, 0) is 19.4 Å². The van der Waals surface area contributed by atoms with Gasteiger partial charge < -0.3 is 20.1 Å². The molecule has 1 aliphatic heterocycles. The molecule has 0 bridgehead atoms. The lowest BCUT2D eigenvalue weighted by molar-refractivity contribution is -0.881. The van der Waals surface area contributed by atoms with E-state index < -0.39 is 9.84 Å². The Morgan fingerprint density at radius 2 is 2.08 bits per heavy atom. The van der Waals surface area contributed by atoms with E-state index in [1.807, 2.05) is 6.92 Å². The smallest absolute Gasteiger partial charge is 0.280 e. The van der Waals surface area contributed by atoms with Gasteiger partial charge in [0, 0.05) is 12.1 Å². The highest BCUT2D eigenvalue weighted by atomic mass is 32.2. The first-order chi connectivity index (χ1) is 11.3. The second kappa shape index (κ2) is 7.75. The lowest BCUT2D eigenvalue weighted by atomic mass is 10.2. The molecule has 0 aliphatic carbocycles. The third kappa shape index (κ3) is 5.60. The molecule has 1 unspecified atom stereocenters. The largest absolute Gasteiger partial charge is 0.360 e. The number of aromatic nitrogens is 1. The highest BCUT2D eigenvalue weighted by Gasteiger charge is 2.29. The van der Waals surface area contributed by atoms with E-state index in [0.717, 1.165) is 4.90 Å². The van der Waals surface area contributed by atoms with Crippen LogP contribution < -0.4 is 15.5 Å². The first-order valence-corrected chi connectivity index (χ1v) is 9.66. The molecular formula is C14H23N4O5S+. The molecule has 1 aliphatic rings. The van der Waals surface area contributed by atoms with Crippen LogP contribution in [0, 0.1) is 6.92 Å². The number of likely N-dealkylation sites (N-methyl/N-ethyl adjacent to an activating group) is 1. The van der Waals surface area contributed by atoms with Crippen molar-refractivity contribution in [1.29, 1.82) is 0 Å². The monoisotopic (exact) mass is 359 g/mol. The molecule has 1 aromatic rings. The predicted molar refractivity (Wildman–Crippen MR) is 86.3 cm³/mol. The van der Waals surface area contributed by atoms with Crippen LogP contribution >= 0.6 is 0 Å². The van der Waals surface area contributed by atoms with Crippen molar-refractivity contribution < 1.29 is 27.4 Å². The summed E-state index contributed by atoms with van der Waals surface area (Å²) in [5.41, 5.74) is 0. The molecule has 1 aromatic heterocycles. The zero-order chi connectivity index (χ0) is 17.7. The number of sulfone groups is 1. The van der Waals surface area contributed by atoms with E-state index in [0.29, 0.717) is 24.5 Å². The Morgan fingerprint density at radius 1 is 1.38 bits per heavy atom. The van der Waals surface area contributed by atoms with Gasteiger partial charge in [-0.3, -0.25) is 9.59 Å². The Kier molecular flexibility index (Phi) is 5.94. The zero-order valence-electron chi connectivity index (χ0n) is 13.8. The van der Waals surface area contributed by atoms with Crippen LogP contribution in [0.3, 0.4) is 0 Å². The van der Waals surface area contributed by atoms with Crippen LogP contribution in [0.15, 0.2) is 10.6 Å². The molecular weight excluding hydrogens is 336 g/mol. The van der Waals surface area contributed by atoms with Crippen molar-refractivity contribution in [3.8, 4) is 0 Å². The molecule has 9 nitrogen and oxygen atoms in total. The average Bonchev–Trinajstić information content (AvgIpc) is 3.03. The minimum Gasteiger partial charge on any atom is -0.360 e. The van der Waals surface area contributed by atoms with Gasteiger partial charge in [0.1, 0.15) is 5.76 Å². The molecule has 24 heavy (non-hydrogen) atoms. The van der Waals surface area contributed by atoms with Gasteiger partial charge in [-0.15, -0.1) is 0 Å². The number of anilines is 1. The Hall–Kier alpha value is -1.94. The highest BCUT2D eigenvalue weighted by molar-refractivity contribution is 7.91. The number of amides is 2. The number of quaternary nitrogens is 1. The van der Waals surface area contributed by atoms with Gasteiger partial charge in [0.25, 0.3) is 11.8 Å². The normalized spacial score (nSPS) is 20.5. The van der Waals surface area contributed by atoms with Crippen LogP contribution in [0.25, 0.3) is 0 Å². The summed E-state index contributed by atoms with van der Waals surface area (Å²) >= 11 is 0. The molecule has 0 radical (unpaired) electrons. The number of hydrogen-bond donors (Lipinski definition) is 3. The molecule has 10 heteroatoms. The first kappa shape index (κ1) is 18.4.